The number of rotatable bonds is 9. The fraction of sp³-hybridized carbons (Fsp3) is 0.259. The van der Waals surface area contributed by atoms with E-state index in [0.29, 0.717) is 11.1 Å². The number of hydrogen-bond acceptors (Lipinski definition) is 5. The van der Waals surface area contributed by atoms with Gasteiger partial charge in [-0.1, -0.05) is 30.3 Å². The van der Waals surface area contributed by atoms with Crippen LogP contribution >= 0.6 is 0 Å². The first-order chi connectivity index (χ1) is 15.5. The van der Waals surface area contributed by atoms with Crippen LogP contribution in [0.3, 0.4) is 0 Å². The van der Waals surface area contributed by atoms with E-state index in [4.69, 9.17) is 14.2 Å². The highest BCUT2D eigenvalue weighted by atomic mass is 16.5. The molecule has 0 saturated carbocycles. The lowest BCUT2D eigenvalue weighted by atomic mass is 9.98. The number of benzene rings is 3. The van der Waals surface area contributed by atoms with Crippen LogP contribution in [0.1, 0.15) is 43.0 Å². The third-order valence-corrected chi connectivity index (χ3v) is 5.42. The van der Waals surface area contributed by atoms with Gasteiger partial charge in [0.2, 0.25) is 0 Å². The number of hydrogen-bond donors (Lipinski definition) is 0. The molecule has 5 nitrogen and oxygen atoms in total. The van der Waals surface area contributed by atoms with E-state index < -0.39 is 0 Å². The van der Waals surface area contributed by atoms with Gasteiger partial charge in [0, 0.05) is 0 Å². The van der Waals surface area contributed by atoms with Crippen molar-refractivity contribution >= 4 is 11.9 Å². The van der Waals surface area contributed by atoms with E-state index in [9.17, 15) is 9.59 Å². The zero-order chi connectivity index (χ0) is 22.9. The zero-order valence-corrected chi connectivity index (χ0v) is 18.7. The lowest BCUT2D eigenvalue weighted by Gasteiger charge is -2.10. The maximum atomic E-state index is 11.6. The summed E-state index contributed by atoms with van der Waals surface area (Å²) in [6.07, 6.45) is 3.47. The van der Waals surface area contributed by atoms with Crippen molar-refractivity contribution in [2.75, 3.05) is 21.3 Å². The van der Waals surface area contributed by atoms with Crippen molar-refractivity contribution in [2.45, 2.75) is 25.7 Å². The molecule has 0 unspecified atom stereocenters. The molecule has 0 aliphatic carbocycles. The Kier molecular flexibility index (Phi) is 8.03. The SMILES string of the molecule is COC(=O)c1ccc(CCc2cc(CCc3ccc(C(=O)OC)cc3)cc(OC)c2)cc1. The Labute approximate surface area is 188 Å². The number of methoxy groups -OCH3 is 3. The Hall–Kier alpha value is -3.60. The molecule has 0 N–H and O–H groups in total. The Morgan fingerprint density at radius 2 is 0.938 bits per heavy atom. The maximum Gasteiger partial charge on any atom is 0.337 e. The van der Waals surface area contributed by atoms with Crippen molar-refractivity contribution < 1.29 is 23.8 Å². The van der Waals surface area contributed by atoms with Crippen molar-refractivity contribution in [2.24, 2.45) is 0 Å². The molecule has 166 valence electrons. The fourth-order valence-electron chi connectivity index (χ4n) is 3.56. The molecule has 0 atom stereocenters. The molecule has 0 bridgehead atoms. The van der Waals surface area contributed by atoms with Gasteiger partial charge in [0.15, 0.2) is 0 Å². The highest BCUT2D eigenvalue weighted by Gasteiger charge is 2.07. The molecule has 3 rings (SSSR count). The predicted octanol–water partition coefficient (Wildman–Crippen LogP) is 4.84. The van der Waals surface area contributed by atoms with Crippen LogP contribution in [0, 0.1) is 0 Å². The van der Waals surface area contributed by atoms with E-state index in [1.165, 1.54) is 25.3 Å². The van der Waals surface area contributed by atoms with Crippen molar-refractivity contribution in [3.63, 3.8) is 0 Å². The number of esters is 2. The second-order valence-corrected chi connectivity index (χ2v) is 7.57. The van der Waals surface area contributed by atoms with E-state index in [2.05, 4.69) is 18.2 Å². The molecule has 0 radical (unpaired) electrons. The van der Waals surface area contributed by atoms with Gasteiger partial charge in [-0.3, -0.25) is 0 Å². The Morgan fingerprint density at radius 3 is 1.28 bits per heavy atom. The molecule has 3 aromatic rings. The molecular weight excluding hydrogens is 404 g/mol. The summed E-state index contributed by atoms with van der Waals surface area (Å²) in [6.45, 7) is 0. The van der Waals surface area contributed by atoms with Crippen molar-refractivity contribution in [3.8, 4) is 5.75 Å². The average Bonchev–Trinajstić information content (AvgIpc) is 2.85. The second kappa shape index (κ2) is 11.1. The molecule has 0 aliphatic heterocycles. The summed E-state index contributed by atoms with van der Waals surface area (Å²) in [5, 5.41) is 0. The minimum absolute atomic E-state index is 0.325. The van der Waals surface area contributed by atoms with Gasteiger partial charge in [0.05, 0.1) is 32.5 Å². The van der Waals surface area contributed by atoms with Gasteiger partial charge in [-0.05, 0) is 84.3 Å². The Bertz CT molecular complexity index is 971. The lowest BCUT2D eigenvalue weighted by molar-refractivity contribution is 0.0592. The Morgan fingerprint density at radius 1 is 0.562 bits per heavy atom. The summed E-state index contributed by atoms with van der Waals surface area (Å²) in [5.74, 6) is 0.197. The van der Waals surface area contributed by atoms with Gasteiger partial charge in [0.1, 0.15) is 5.75 Å². The maximum absolute atomic E-state index is 11.6. The molecule has 0 heterocycles. The molecular formula is C27H28O5. The number of aryl methyl sites for hydroxylation is 4. The first kappa shape index (κ1) is 23.1. The predicted molar refractivity (Wildman–Crippen MR) is 123 cm³/mol. The topological polar surface area (TPSA) is 61.8 Å². The van der Waals surface area contributed by atoms with Crippen LogP contribution in [0.4, 0.5) is 0 Å². The summed E-state index contributed by atoms with van der Waals surface area (Å²) in [5.41, 5.74) is 5.84. The Balaban J connectivity index is 1.63. The van der Waals surface area contributed by atoms with Crippen molar-refractivity contribution in [1.82, 2.24) is 0 Å². The first-order valence-corrected chi connectivity index (χ1v) is 10.5. The van der Waals surface area contributed by atoms with Crippen LogP contribution in [0.25, 0.3) is 0 Å². The third-order valence-electron chi connectivity index (χ3n) is 5.42. The molecule has 0 amide bonds. The van der Waals surface area contributed by atoms with Crippen LogP contribution in [0.5, 0.6) is 5.75 Å². The van der Waals surface area contributed by atoms with Crippen LogP contribution < -0.4 is 4.74 Å². The normalized spacial score (nSPS) is 10.5. The minimum atomic E-state index is -0.325. The summed E-state index contributed by atoms with van der Waals surface area (Å²) in [7, 11) is 4.45. The average molecular weight is 433 g/mol. The zero-order valence-electron chi connectivity index (χ0n) is 18.7. The van der Waals surface area contributed by atoms with Crippen molar-refractivity contribution in [1.29, 1.82) is 0 Å². The summed E-state index contributed by atoms with van der Waals surface area (Å²) in [6, 6.07) is 21.4. The lowest BCUT2D eigenvalue weighted by Crippen LogP contribution is -2.02. The first-order valence-electron chi connectivity index (χ1n) is 10.5. The molecule has 0 spiro atoms. The number of carbonyl (C=O) groups is 2. The summed E-state index contributed by atoms with van der Waals surface area (Å²) < 4.78 is 15.0. The molecule has 3 aromatic carbocycles. The molecule has 0 fully saturated rings. The molecule has 0 aromatic heterocycles. The largest absolute Gasteiger partial charge is 0.497 e. The minimum Gasteiger partial charge on any atom is -0.497 e. The highest BCUT2D eigenvalue weighted by Crippen LogP contribution is 2.21. The fourth-order valence-corrected chi connectivity index (χ4v) is 3.56. The van der Waals surface area contributed by atoms with Crippen LogP contribution in [0.15, 0.2) is 66.7 Å². The standard InChI is InChI=1S/C27H28O5/c1-30-25-17-21(6-4-19-8-12-23(13-9-19)26(28)31-2)16-22(18-25)7-5-20-10-14-24(15-11-20)27(29)32-3/h8-18H,4-7H2,1-3H3. The van der Waals surface area contributed by atoms with Crippen molar-refractivity contribution in [3.05, 3.63) is 100 Å². The monoisotopic (exact) mass is 432 g/mol. The van der Waals surface area contributed by atoms with E-state index in [0.717, 1.165) is 42.6 Å². The van der Waals surface area contributed by atoms with Gasteiger partial charge < -0.3 is 14.2 Å². The molecule has 5 heteroatoms. The summed E-state index contributed by atoms with van der Waals surface area (Å²) in [4.78, 5) is 23.2. The van der Waals surface area contributed by atoms with E-state index >= 15 is 0 Å². The van der Waals surface area contributed by atoms with Gasteiger partial charge in [0.25, 0.3) is 0 Å². The van der Waals surface area contributed by atoms with Gasteiger partial charge in [-0.15, -0.1) is 0 Å². The van der Waals surface area contributed by atoms with Crippen LogP contribution in [-0.2, 0) is 35.2 Å². The van der Waals surface area contributed by atoms with Gasteiger partial charge in [-0.2, -0.15) is 0 Å². The smallest absolute Gasteiger partial charge is 0.337 e. The van der Waals surface area contributed by atoms with Gasteiger partial charge >= 0.3 is 11.9 Å². The van der Waals surface area contributed by atoms with E-state index in [1.54, 1.807) is 31.4 Å². The number of carbonyl (C=O) groups excluding carboxylic acids is 2. The second-order valence-electron chi connectivity index (χ2n) is 7.57. The quantitative estimate of drug-likeness (QED) is 0.453. The van der Waals surface area contributed by atoms with E-state index in [1.807, 2.05) is 24.3 Å². The summed E-state index contributed by atoms with van der Waals surface area (Å²) >= 11 is 0. The van der Waals surface area contributed by atoms with E-state index in [-0.39, 0.29) is 11.9 Å². The molecule has 0 saturated heterocycles. The van der Waals surface area contributed by atoms with Gasteiger partial charge in [-0.25, -0.2) is 9.59 Å². The number of ether oxygens (including phenoxy) is 3. The third kappa shape index (κ3) is 6.20. The highest BCUT2D eigenvalue weighted by molar-refractivity contribution is 5.89. The van der Waals surface area contributed by atoms with Crippen LogP contribution in [0.2, 0.25) is 0 Å². The molecule has 0 aliphatic rings. The molecule has 32 heavy (non-hydrogen) atoms. The van der Waals surface area contributed by atoms with Crippen LogP contribution in [-0.4, -0.2) is 33.3 Å².